The summed E-state index contributed by atoms with van der Waals surface area (Å²) in [7, 11) is 1.55. The third kappa shape index (κ3) is 5.93. The first kappa shape index (κ1) is 27.9. The molecule has 5 rings (SSSR count). The van der Waals surface area contributed by atoms with Crippen molar-refractivity contribution in [1.29, 1.82) is 0 Å². The number of piperidine rings is 1. The number of ether oxygens (including phenoxy) is 1. The van der Waals surface area contributed by atoms with Crippen LogP contribution in [-0.4, -0.2) is 96.6 Å². The minimum absolute atomic E-state index is 0.0243. The van der Waals surface area contributed by atoms with Crippen LogP contribution < -0.4 is 5.32 Å². The summed E-state index contributed by atoms with van der Waals surface area (Å²) in [5.41, 5.74) is 3.08. The second-order valence-electron chi connectivity index (χ2n) is 10.2. The number of carbonyl (C=O) groups is 3. The Morgan fingerprint density at radius 2 is 1.88 bits per heavy atom. The van der Waals surface area contributed by atoms with Crippen LogP contribution >= 0.6 is 11.6 Å². The van der Waals surface area contributed by atoms with Gasteiger partial charge in [0.1, 0.15) is 12.4 Å². The Balaban J connectivity index is 1.24. The number of para-hydroxylation sites is 1. The van der Waals surface area contributed by atoms with Crippen LogP contribution in [0.3, 0.4) is 0 Å². The summed E-state index contributed by atoms with van der Waals surface area (Å²) in [4.78, 5) is 46.0. The van der Waals surface area contributed by atoms with E-state index >= 15 is 0 Å². The van der Waals surface area contributed by atoms with E-state index in [0.29, 0.717) is 56.8 Å². The van der Waals surface area contributed by atoms with Crippen molar-refractivity contribution >= 4 is 40.8 Å². The molecule has 3 aliphatic heterocycles. The molecule has 2 aromatic rings. The van der Waals surface area contributed by atoms with Crippen LogP contribution in [0.4, 0.5) is 19.7 Å². The predicted octanol–water partition coefficient (Wildman–Crippen LogP) is 4.29. The van der Waals surface area contributed by atoms with Gasteiger partial charge in [-0.15, -0.1) is 0 Å². The highest BCUT2D eigenvalue weighted by Crippen LogP contribution is 2.30. The first-order chi connectivity index (χ1) is 19.4. The molecule has 0 atom stereocenters. The minimum atomic E-state index is -0.548. The van der Waals surface area contributed by atoms with E-state index in [4.69, 9.17) is 16.3 Å². The van der Waals surface area contributed by atoms with Gasteiger partial charge in [0, 0.05) is 63.3 Å². The summed E-state index contributed by atoms with van der Waals surface area (Å²) in [5.74, 6) is -0.734. The maximum absolute atomic E-state index is 14.2. The smallest absolute Gasteiger partial charge is 0.324 e. The Morgan fingerprint density at radius 3 is 2.65 bits per heavy atom. The van der Waals surface area contributed by atoms with Gasteiger partial charge in [-0.05, 0) is 42.5 Å². The highest BCUT2D eigenvalue weighted by molar-refractivity contribution is 6.32. The number of amides is 5. The molecule has 0 radical (unpaired) electrons. The number of nitrogens with one attached hydrogen (secondary N) is 1. The number of carbonyl (C=O) groups excluding carboxylic acids is 3. The van der Waals surface area contributed by atoms with E-state index < -0.39 is 5.82 Å². The van der Waals surface area contributed by atoms with Gasteiger partial charge in [-0.2, -0.15) is 0 Å². The molecule has 0 saturated carbocycles. The van der Waals surface area contributed by atoms with Gasteiger partial charge in [0.05, 0.1) is 11.6 Å². The minimum Gasteiger partial charge on any atom is -0.383 e. The zero-order valence-electron chi connectivity index (χ0n) is 22.4. The van der Waals surface area contributed by atoms with Gasteiger partial charge in [-0.1, -0.05) is 41.9 Å². The number of rotatable bonds is 7. The molecule has 0 spiro atoms. The van der Waals surface area contributed by atoms with E-state index in [9.17, 15) is 18.8 Å². The second-order valence-corrected chi connectivity index (χ2v) is 10.6. The maximum Gasteiger partial charge on any atom is 0.324 e. The van der Waals surface area contributed by atoms with E-state index in [1.165, 1.54) is 11.0 Å². The Labute approximate surface area is 238 Å². The Bertz CT molecular complexity index is 1310. The normalized spacial score (nSPS) is 18.3. The number of halogens is 2. The number of hydrogen-bond donors (Lipinski definition) is 1. The van der Waals surface area contributed by atoms with Crippen LogP contribution in [0.25, 0.3) is 5.57 Å². The molecule has 0 aliphatic carbocycles. The first-order valence-electron chi connectivity index (χ1n) is 13.5. The van der Waals surface area contributed by atoms with Gasteiger partial charge in [0.25, 0.3) is 0 Å². The van der Waals surface area contributed by atoms with E-state index in [2.05, 4.69) is 5.32 Å². The fourth-order valence-electron chi connectivity index (χ4n) is 5.55. The van der Waals surface area contributed by atoms with Gasteiger partial charge < -0.3 is 24.8 Å². The van der Waals surface area contributed by atoms with Crippen LogP contribution in [0, 0.1) is 5.82 Å². The number of anilines is 1. The quantitative estimate of drug-likeness (QED) is 0.539. The molecule has 1 N–H and O–H groups in total. The molecule has 1 saturated heterocycles. The standard InChI is InChI=1S/C29H33ClFN5O4/c1-40-16-15-34-17-21(23-6-4-7-24(31)27(23)30)18-35(29(34)39)19-26(37)33-12-10-22(11-13-33)36-14-9-20-5-2-3-8-25(20)32-28(36)38/h2-8,18,22H,9-17,19H2,1H3,(H,32,38). The van der Waals surface area contributed by atoms with Gasteiger partial charge >= 0.3 is 12.1 Å². The van der Waals surface area contributed by atoms with Crippen LogP contribution in [0.15, 0.2) is 48.7 Å². The summed E-state index contributed by atoms with van der Waals surface area (Å²) < 4.78 is 19.3. The van der Waals surface area contributed by atoms with Crippen molar-refractivity contribution in [2.75, 3.05) is 58.3 Å². The number of nitrogens with zero attached hydrogens (tertiary/aromatic N) is 4. The molecule has 212 valence electrons. The molecule has 40 heavy (non-hydrogen) atoms. The predicted molar refractivity (Wildman–Crippen MR) is 150 cm³/mol. The number of methoxy groups -OCH3 is 1. The van der Waals surface area contributed by atoms with Crippen LogP contribution in [0.2, 0.25) is 5.02 Å². The van der Waals surface area contributed by atoms with Crippen molar-refractivity contribution in [2.45, 2.75) is 25.3 Å². The fraction of sp³-hybridized carbons (Fsp3) is 0.414. The molecule has 2 aromatic carbocycles. The molecule has 9 nitrogen and oxygen atoms in total. The molecule has 11 heteroatoms. The second kappa shape index (κ2) is 12.3. The summed E-state index contributed by atoms with van der Waals surface area (Å²) in [6, 6.07) is 12.0. The Kier molecular flexibility index (Phi) is 8.56. The topological polar surface area (TPSA) is 85.4 Å². The molecule has 3 aliphatic rings. The van der Waals surface area contributed by atoms with E-state index in [1.54, 1.807) is 35.2 Å². The zero-order chi connectivity index (χ0) is 28.2. The molecule has 5 amide bonds. The largest absolute Gasteiger partial charge is 0.383 e. The molecule has 0 aromatic heterocycles. The lowest BCUT2D eigenvalue weighted by Gasteiger charge is -2.39. The lowest BCUT2D eigenvalue weighted by molar-refractivity contribution is -0.132. The van der Waals surface area contributed by atoms with Crippen molar-refractivity contribution in [1.82, 2.24) is 19.6 Å². The van der Waals surface area contributed by atoms with Crippen LogP contribution in [0.1, 0.15) is 24.0 Å². The third-order valence-electron chi connectivity index (χ3n) is 7.76. The molecule has 0 unspecified atom stereocenters. The average Bonchev–Trinajstić information content (AvgIpc) is 3.13. The zero-order valence-corrected chi connectivity index (χ0v) is 23.2. The highest BCUT2D eigenvalue weighted by atomic mass is 35.5. The molecule has 0 bridgehead atoms. The molecule has 1 fully saturated rings. The number of urea groups is 2. The van der Waals surface area contributed by atoms with E-state index in [0.717, 1.165) is 17.7 Å². The van der Waals surface area contributed by atoms with Crippen molar-refractivity contribution in [3.05, 3.63) is 70.6 Å². The molecule has 3 heterocycles. The Morgan fingerprint density at radius 1 is 1.10 bits per heavy atom. The summed E-state index contributed by atoms with van der Waals surface area (Å²) >= 11 is 6.24. The third-order valence-corrected chi connectivity index (χ3v) is 8.14. The summed E-state index contributed by atoms with van der Waals surface area (Å²) in [6.45, 7) is 2.31. The number of hydrogen-bond acceptors (Lipinski definition) is 4. The summed E-state index contributed by atoms with van der Waals surface area (Å²) in [6.07, 6.45) is 3.68. The maximum atomic E-state index is 14.2. The van der Waals surface area contributed by atoms with Crippen molar-refractivity contribution in [3.63, 3.8) is 0 Å². The van der Waals surface area contributed by atoms with Crippen molar-refractivity contribution in [3.8, 4) is 0 Å². The van der Waals surface area contributed by atoms with Gasteiger partial charge in [0.2, 0.25) is 5.91 Å². The molecular formula is C29H33ClFN5O4. The highest BCUT2D eigenvalue weighted by Gasteiger charge is 2.34. The number of benzene rings is 2. The van der Waals surface area contributed by atoms with Crippen molar-refractivity contribution < 1.29 is 23.5 Å². The van der Waals surface area contributed by atoms with Crippen LogP contribution in [-0.2, 0) is 16.0 Å². The average molecular weight is 570 g/mol. The van der Waals surface area contributed by atoms with E-state index in [1.807, 2.05) is 29.2 Å². The van der Waals surface area contributed by atoms with E-state index in [-0.39, 0.29) is 42.1 Å². The van der Waals surface area contributed by atoms with Crippen LogP contribution in [0.5, 0.6) is 0 Å². The fourth-order valence-corrected chi connectivity index (χ4v) is 5.79. The number of likely N-dealkylation sites (tertiary alicyclic amines) is 1. The van der Waals surface area contributed by atoms with Crippen molar-refractivity contribution in [2.24, 2.45) is 0 Å². The molecular weight excluding hydrogens is 537 g/mol. The summed E-state index contributed by atoms with van der Waals surface area (Å²) in [5, 5.41) is 2.99. The van der Waals surface area contributed by atoms with Gasteiger partial charge in [-0.3, -0.25) is 9.69 Å². The monoisotopic (exact) mass is 569 g/mol. The van der Waals surface area contributed by atoms with Gasteiger partial charge in [0.15, 0.2) is 0 Å². The lowest BCUT2D eigenvalue weighted by Crippen LogP contribution is -2.53. The Hall–Kier alpha value is -3.63. The lowest BCUT2D eigenvalue weighted by atomic mass is 10.0. The first-order valence-corrected chi connectivity index (χ1v) is 13.9. The SMILES string of the molecule is COCCN1CC(c2cccc(F)c2Cl)=CN(CC(=O)N2CCC(N3CCc4ccccc4NC3=O)CC2)C1=O. The number of fused-ring (bicyclic) bond motifs is 1. The van der Waals surface area contributed by atoms with Gasteiger partial charge in [-0.25, -0.2) is 14.0 Å².